The fourth-order valence-corrected chi connectivity index (χ4v) is 4.57. The van der Waals surface area contributed by atoms with Gasteiger partial charge in [-0.2, -0.15) is 0 Å². The van der Waals surface area contributed by atoms with Crippen molar-refractivity contribution in [2.24, 2.45) is 0 Å². The van der Waals surface area contributed by atoms with Gasteiger partial charge in [-0.25, -0.2) is 4.79 Å². The molecule has 4 nitrogen and oxygen atoms in total. The first kappa shape index (κ1) is 16.8. The Bertz CT molecular complexity index is 861. The van der Waals surface area contributed by atoms with Gasteiger partial charge in [0.05, 0.1) is 5.56 Å². The highest BCUT2D eigenvalue weighted by atomic mass is 16.5. The molecule has 4 heteroatoms. The molecular formula is C22H23NO3. The predicted molar refractivity (Wildman–Crippen MR) is 99.3 cm³/mol. The van der Waals surface area contributed by atoms with Gasteiger partial charge >= 0.3 is 5.97 Å². The molecule has 0 aromatic heterocycles. The van der Waals surface area contributed by atoms with Gasteiger partial charge in [-0.1, -0.05) is 31.2 Å². The van der Waals surface area contributed by atoms with Crippen LogP contribution in [-0.2, 0) is 16.6 Å². The van der Waals surface area contributed by atoms with Crippen molar-refractivity contribution >= 4 is 11.9 Å². The highest BCUT2D eigenvalue weighted by molar-refractivity contribution is 5.91. The van der Waals surface area contributed by atoms with Crippen LogP contribution in [0.2, 0.25) is 0 Å². The van der Waals surface area contributed by atoms with Gasteiger partial charge in [0, 0.05) is 24.9 Å². The molecule has 0 N–H and O–H groups in total. The topological polar surface area (TPSA) is 46.6 Å². The molecule has 1 saturated heterocycles. The van der Waals surface area contributed by atoms with Crippen molar-refractivity contribution < 1.29 is 14.3 Å². The van der Waals surface area contributed by atoms with Crippen LogP contribution in [0.3, 0.4) is 0 Å². The molecule has 134 valence electrons. The average Bonchev–Trinajstić information content (AvgIpc) is 2.65. The second-order valence-electron chi connectivity index (χ2n) is 7.55. The first-order valence-electron chi connectivity index (χ1n) is 9.15. The normalized spacial score (nSPS) is 24.6. The van der Waals surface area contributed by atoms with E-state index in [1.54, 1.807) is 12.1 Å². The number of hydrogen-bond acceptors (Lipinski definition) is 3. The lowest BCUT2D eigenvalue weighted by molar-refractivity contribution is -0.138. The third-order valence-electron chi connectivity index (χ3n) is 6.05. The summed E-state index contributed by atoms with van der Waals surface area (Å²) in [6.07, 6.45) is 3.25. The number of fused-ring (bicyclic) bond motifs is 3. The van der Waals surface area contributed by atoms with Crippen molar-refractivity contribution in [2.75, 3.05) is 7.05 Å². The van der Waals surface area contributed by atoms with Crippen molar-refractivity contribution in [1.29, 1.82) is 0 Å². The maximum absolute atomic E-state index is 12.5. The van der Waals surface area contributed by atoms with Crippen LogP contribution >= 0.6 is 0 Å². The van der Waals surface area contributed by atoms with Gasteiger partial charge in [-0.15, -0.1) is 0 Å². The smallest absolute Gasteiger partial charge is 0.343 e. The number of piperidine rings is 1. The Hall–Kier alpha value is -2.62. The first-order chi connectivity index (χ1) is 12.5. The Labute approximate surface area is 153 Å². The molecule has 1 fully saturated rings. The number of amides is 1. The van der Waals surface area contributed by atoms with Gasteiger partial charge in [-0.3, -0.25) is 4.79 Å². The Morgan fingerprint density at radius 2 is 1.92 bits per heavy atom. The van der Waals surface area contributed by atoms with Crippen LogP contribution in [0.4, 0.5) is 0 Å². The molecule has 1 aliphatic carbocycles. The highest BCUT2D eigenvalue weighted by Gasteiger charge is 2.46. The number of likely N-dealkylation sites (N-methyl/N-ethyl adjacent to an activating group) is 1. The zero-order valence-corrected chi connectivity index (χ0v) is 15.2. The predicted octanol–water partition coefficient (Wildman–Crippen LogP) is 3.73. The lowest BCUT2D eigenvalue weighted by Gasteiger charge is -2.50. The zero-order chi connectivity index (χ0) is 18.3. The van der Waals surface area contributed by atoms with Crippen molar-refractivity contribution in [3.05, 3.63) is 65.2 Å². The second kappa shape index (κ2) is 6.27. The van der Waals surface area contributed by atoms with E-state index in [0.717, 1.165) is 19.3 Å². The van der Waals surface area contributed by atoms with Crippen molar-refractivity contribution in [2.45, 2.75) is 44.1 Å². The number of nitrogens with zero attached hydrogens (tertiary/aromatic N) is 1. The van der Waals surface area contributed by atoms with Gasteiger partial charge in [0.15, 0.2) is 0 Å². The maximum Gasteiger partial charge on any atom is 0.343 e. The Morgan fingerprint density at radius 1 is 1.15 bits per heavy atom. The van der Waals surface area contributed by atoms with E-state index in [-0.39, 0.29) is 23.3 Å². The molecule has 0 bridgehead atoms. The van der Waals surface area contributed by atoms with Crippen molar-refractivity contribution in [3.63, 3.8) is 0 Å². The molecule has 2 aromatic rings. The van der Waals surface area contributed by atoms with Gasteiger partial charge in [0.25, 0.3) is 0 Å². The van der Waals surface area contributed by atoms with E-state index in [4.69, 9.17) is 4.74 Å². The minimum absolute atomic E-state index is 0.0435. The van der Waals surface area contributed by atoms with E-state index in [2.05, 4.69) is 13.0 Å². The van der Waals surface area contributed by atoms with Gasteiger partial charge in [0.2, 0.25) is 5.91 Å². The molecule has 1 aliphatic heterocycles. The lowest BCUT2D eigenvalue weighted by atomic mass is 9.63. The van der Waals surface area contributed by atoms with Crippen LogP contribution in [0, 0.1) is 0 Å². The third-order valence-corrected chi connectivity index (χ3v) is 6.05. The number of likely N-dealkylation sites (tertiary alicyclic amines) is 1. The quantitative estimate of drug-likeness (QED) is 0.613. The molecule has 0 spiro atoms. The molecule has 0 unspecified atom stereocenters. The molecular weight excluding hydrogens is 326 g/mol. The van der Waals surface area contributed by atoms with Crippen molar-refractivity contribution in [3.8, 4) is 5.75 Å². The van der Waals surface area contributed by atoms with E-state index in [9.17, 15) is 9.59 Å². The molecule has 26 heavy (non-hydrogen) atoms. The number of esters is 1. The Balaban J connectivity index is 1.62. The van der Waals surface area contributed by atoms with E-state index >= 15 is 0 Å². The maximum atomic E-state index is 12.5. The molecule has 0 saturated carbocycles. The van der Waals surface area contributed by atoms with Crippen molar-refractivity contribution in [1.82, 2.24) is 4.90 Å². The molecule has 4 rings (SSSR count). The molecule has 1 amide bonds. The number of ether oxygens (including phenoxy) is 1. The number of para-hydroxylation sites is 1. The minimum atomic E-state index is -0.331. The lowest BCUT2D eigenvalue weighted by Crippen LogP contribution is -2.56. The van der Waals surface area contributed by atoms with Crippen LogP contribution in [0.5, 0.6) is 5.75 Å². The first-order valence-corrected chi connectivity index (χ1v) is 9.15. The summed E-state index contributed by atoms with van der Waals surface area (Å²) in [5, 5.41) is 0. The summed E-state index contributed by atoms with van der Waals surface area (Å²) in [4.78, 5) is 26.5. The summed E-state index contributed by atoms with van der Waals surface area (Å²) in [7, 11) is 1.92. The van der Waals surface area contributed by atoms with Crippen LogP contribution in [0.15, 0.2) is 48.5 Å². The highest BCUT2D eigenvalue weighted by Crippen LogP contribution is 2.45. The second-order valence-corrected chi connectivity index (χ2v) is 7.55. The van der Waals surface area contributed by atoms with Crippen LogP contribution in [0.1, 0.15) is 47.7 Å². The molecule has 1 heterocycles. The van der Waals surface area contributed by atoms with E-state index in [1.165, 1.54) is 11.1 Å². The largest absolute Gasteiger partial charge is 0.423 e. The van der Waals surface area contributed by atoms with Crippen LogP contribution in [-0.4, -0.2) is 29.9 Å². The number of hydrogen-bond donors (Lipinski definition) is 0. The van der Waals surface area contributed by atoms with Gasteiger partial charge in [0.1, 0.15) is 5.75 Å². The van der Waals surface area contributed by atoms with Crippen LogP contribution in [0.25, 0.3) is 0 Å². The number of carbonyl (C=O) groups is 2. The monoisotopic (exact) mass is 349 g/mol. The average molecular weight is 349 g/mol. The Morgan fingerprint density at radius 3 is 2.69 bits per heavy atom. The van der Waals surface area contributed by atoms with E-state index in [1.807, 2.05) is 42.3 Å². The number of rotatable bonds is 2. The summed E-state index contributed by atoms with van der Waals surface area (Å²) < 4.78 is 5.46. The summed E-state index contributed by atoms with van der Waals surface area (Å²) in [5.74, 6) is 0.455. The van der Waals surface area contributed by atoms with Gasteiger partial charge in [-0.05, 0) is 54.7 Å². The summed E-state index contributed by atoms with van der Waals surface area (Å²) >= 11 is 0. The molecule has 2 aliphatic rings. The SMILES string of the molecule is CN1C(=O)CC[C@]2(C)c3ccc(C(=O)Oc4ccccc4)cc3CC[C@@H]12. The summed E-state index contributed by atoms with van der Waals surface area (Å²) in [6, 6.07) is 15.2. The molecule has 2 atom stereocenters. The van der Waals surface area contributed by atoms with E-state index in [0.29, 0.717) is 17.7 Å². The van der Waals surface area contributed by atoms with E-state index < -0.39 is 0 Å². The summed E-state index contributed by atoms with van der Waals surface area (Å²) in [6.45, 7) is 2.25. The van der Waals surface area contributed by atoms with Gasteiger partial charge < -0.3 is 9.64 Å². The number of benzene rings is 2. The number of carbonyl (C=O) groups excluding carboxylic acids is 2. The fourth-order valence-electron chi connectivity index (χ4n) is 4.57. The minimum Gasteiger partial charge on any atom is -0.423 e. The zero-order valence-electron chi connectivity index (χ0n) is 15.2. The fraction of sp³-hybridized carbons (Fsp3) is 0.364. The Kier molecular flexibility index (Phi) is 4.06. The third kappa shape index (κ3) is 2.70. The number of aryl methyl sites for hydroxylation is 1. The van der Waals surface area contributed by atoms with Crippen LogP contribution < -0.4 is 4.74 Å². The molecule has 2 aromatic carbocycles. The standard InChI is InChI=1S/C22H23NO3/c1-22-13-12-20(24)23(2)19(22)11-9-15-14-16(8-10-18(15)22)21(25)26-17-6-4-3-5-7-17/h3-8,10,14,19H,9,11-13H2,1-2H3/t19-,22-/m1/s1. The summed E-state index contributed by atoms with van der Waals surface area (Å²) in [5.41, 5.74) is 3.01. The molecule has 0 radical (unpaired) electrons.